The largest absolute Gasteiger partial charge is 0.507 e. The van der Waals surface area contributed by atoms with Crippen LogP contribution in [0.25, 0.3) is 21.9 Å². The topological polar surface area (TPSA) is 279 Å². The maximum Gasteiger partial charge on any atom is 0.371 e. The standard InChI is InChI=1S/C37H24N2O16/c40-22-9-7-17(11-20(22)34(44)45)38-39-18-8-10-23(41)21(12-18)37(50)53-19(15-51-26-3-1-5-28-32(26)24(42)13-30(54-28)35(46)47)16-52-27-4-2-6-29-33(27)25(43)14-31(55-29)36(48)49/h1-14,19,39,41H,15-16H2,(H,44,45)(H,46,47)(H,48,49)/b38-17+. The number of fused-ring (bicyclic) bond motifs is 2. The molecule has 2 aromatic heterocycles. The number of ether oxygens (including phenoxy) is 3. The summed E-state index contributed by atoms with van der Waals surface area (Å²) in [6, 6.07) is 13.5. The first-order valence-electron chi connectivity index (χ1n) is 15.7. The third kappa shape index (κ3) is 8.07. The van der Waals surface area contributed by atoms with Crippen LogP contribution in [0.5, 0.6) is 17.2 Å². The van der Waals surface area contributed by atoms with Gasteiger partial charge in [-0.25, -0.2) is 19.2 Å². The Kier molecular flexibility index (Phi) is 10.2. The number of carboxylic acids is 3. The van der Waals surface area contributed by atoms with Gasteiger partial charge in [-0.05, 0) is 60.7 Å². The maximum atomic E-state index is 13.5. The number of hydrogen-bond donors (Lipinski definition) is 5. The van der Waals surface area contributed by atoms with Gasteiger partial charge in [-0.15, -0.1) is 0 Å². The number of rotatable bonds is 13. The number of hydrogen-bond acceptors (Lipinski definition) is 15. The Morgan fingerprint density at radius 1 is 0.727 bits per heavy atom. The molecule has 3 aromatic carbocycles. The van der Waals surface area contributed by atoms with Crippen molar-refractivity contribution in [1.82, 2.24) is 0 Å². The van der Waals surface area contributed by atoms with Crippen molar-refractivity contribution in [3.63, 3.8) is 0 Å². The number of carbonyl (C=O) groups excluding carboxylic acids is 2. The van der Waals surface area contributed by atoms with E-state index in [2.05, 4.69) is 10.5 Å². The number of nitrogens with one attached hydrogen (secondary N) is 1. The summed E-state index contributed by atoms with van der Waals surface area (Å²) in [5.41, 5.74) is 0.167. The van der Waals surface area contributed by atoms with Gasteiger partial charge in [-0.2, -0.15) is 5.10 Å². The average Bonchev–Trinajstić information content (AvgIpc) is 3.15. The molecule has 6 rings (SSSR count). The normalized spacial score (nSPS) is 13.1. The summed E-state index contributed by atoms with van der Waals surface area (Å²) in [4.78, 5) is 85.2. The third-order valence-corrected chi connectivity index (χ3v) is 7.70. The summed E-state index contributed by atoms with van der Waals surface area (Å²) in [5.74, 6) is -8.15. The van der Waals surface area contributed by atoms with E-state index in [-0.39, 0.29) is 50.4 Å². The minimum atomic E-state index is -1.47. The first kappa shape index (κ1) is 36.8. The van der Waals surface area contributed by atoms with E-state index >= 15 is 0 Å². The van der Waals surface area contributed by atoms with Gasteiger partial charge in [0.2, 0.25) is 11.5 Å². The predicted octanol–water partition coefficient (Wildman–Crippen LogP) is 3.60. The predicted molar refractivity (Wildman–Crippen MR) is 188 cm³/mol. The van der Waals surface area contributed by atoms with E-state index in [0.29, 0.717) is 0 Å². The molecule has 18 heteroatoms. The summed E-state index contributed by atoms with van der Waals surface area (Å²) in [5, 5.41) is 42.1. The van der Waals surface area contributed by atoms with Crippen molar-refractivity contribution >= 4 is 63.0 Å². The minimum absolute atomic E-state index is 0.0619. The SMILES string of the molecule is O=C(O)C1=C/C(=N/Nc2ccc(O)c(C(=O)OC(COc3cccc4oc(C(=O)O)cc(=O)c34)COc3cccc4oc(C(=O)O)cc(=O)c34)c2)C=CC1=O. The van der Waals surface area contributed by atoms with Crippen LogP contribution in [0.15, 0.2) is 114 Å². The zero-order valence-corrected chi connectivity index (χ0v) is 27.7. The second-order valence-corrected chi connectivity index (χ2v) is 11.4. The van der Waals surface area contributed by atoms with E-state index in [9.17, 15) is 54.0 Å². The fraction of sp³-hybridized carbons (Fsp3) is 0.0811. The Morgan fingerprint density at radius 3 is 1.82 bits per heavy atom. The minimum Gasteiger partial charge on any atom is -0.507 e. The number of phenols is 1. The Labute approximate surface area is 305 Å². The molecule has 0 atom stereocenters. The molecule has 0 aliphatic heterocycles. The van der Waals surface area contributed by atoms with Gasteiger partial charge in [0, 0.05) is 12.1 Å². The second kappa shape index (κ2) is 15.3. The quantitative estimate of drug-likeness (QED) is 0.0377. The van der Waals surface area contributed by atoms with Crippen molar-refractivity contribution in [3.8, 4) is 17.2 Å². The van der Waals surface area contributed by atoms with Crippen molar-refractivity contribution < 1.29 is 67.4 Å². The molecule has 18 nitrogen and oxygen atoms in total. The lowest BCUT2D eigenvalue weighted by atomic mass is 10.0. The summed E-state index contributed by atoms with van der Waals surface area (Å²) in [6.45, 7) is -1.05. The Bertz CT molecular complexity index is 2530. The van der Waals surface area contributed by atoms with Gasteiger partial charge in [0.1, 0.15) is 63.5 Å². The molecule has 0 bridgehead atoms. The summed E-state index contributed by atoms with van der Waals surface area (Å²) in [7, 11) is 0. The molecule has 2 heterocycles. The molecule has 0 saturated heterocycles. The fourth-order valence-corrected chi connectivity index (χ4v) is 5.16. The first-order chi connectivity index (χ1) is 26.3. The number of aromatic carboxylic acids is 2. The molecule has 0 radical (unpaired) electrons. The molecule has 0 amide bonds. The Hall–Kier alpha value is -8.02. The lowest BCUT2D eigenvalue weighted by Gasteiger charge is -2.20. The lowest BCUT2D eigenvalue weighted by molar-refractivity contribution is -0.134. The van der Waals surface area contributed by atoms with Gasteiger partial charge in [0.05, 0.1) is 11.4 Å². The lowest BCUT2D eigenvalue weighted by Crippen LogP contribution is -2.31. The van der Waals surface area contributed by atoms with Crippen molar-refractivity contribution in [3.05, 3.63) is 128 Å². The van der Waals surface area contributed by atoms with Gasteiger partial charge < -0.3 is 43.5 Å². The van der Waals surface area contributed by atoms with Gasteiger partial charge >= 0.3 is 23.9 Å². The zero-order valence-electron chi connectivity index (χ0n) is 27.7. The van der Waals surface area contributed by atoms with E-state index in [1.807, 2.05) is 0 Å². The highest BCUT2D eigenvalue weighted by atomic mass is 16.6. The Morgan fingerprint density at radius 2 is 1.29 bits per heavy atom. The molecule has 278 valence electrons. The fourth-order valence-electron chi connectivity index (χ4n) is 5.16. The van der Waals surface area contributed by atoms with Crippen LogP contribution in [0.4, 0.5) is 5.69 Å². The highest BCUT2D eigenvalue weighted by molar-refractivity contribution is 6.29. The maximum absolute atomic E-state index is 13.5. The van der Waals surface area contributed by atoms with Crippen LogP contribution < -0.4 is 25.8 Å². The number of aromatic hydroxyl groups is 1. The zero-order chi connectivity index (χ0) is 39.4. The number of anilines is 1. The number of esters is 1. The molecule has 55 heavy (non-hydrogen) atoms. The van der Waals surface area contributed by atoms with Crippen LogP contribution in [0.2, 0.25) is 0 Å². The van der Waals surface area contributed by atoms with Gasteiger partial charge in [0.25, 0.3) is 0 Å². The highest BCUT2D eigenvalue weighted by Gasteiger charge is 2.24. The molecular formula is C37H24N2O16. The van der Waals surface area contributed by atoms with E-state index in [4.69, 9.17) is 23.0 Å². The first-order valence-corrected chi connectivity index (χ1v) is 15.7. The Balaban J connectivity index is 1.28. The smallest absolute Gasteiger partial charge is 0.371 e. The van der Waals surface area contributed by atoms with Crippen LogP contribution in [0.1, 0.15) is 31.5 Å². The van der Waals surface area contributed by atoms with Crippen LogP contribution in [0, 0.1) is 0 Å². The number of carboxylic acid groups (broad SMARTS) is 3. The molecule has 1 aliphatic rings. The number of allylic oxidation sites excluding steroid dienone is 3. The summed E-state index contributed by atoms with van der Waals surface area (Å²) >= 11 is 0. The highest BCUT2D eigenvalue weighted by Crippen LogP contribution is 2.27. The van der Waals surface area contributed by atoms with Crippen molar-refractivity contribution in [2.45, 2.75) is 6.10 Å². The van der Waals surface area contributed by atoms with Crippen LogP contribution in [-0.4, -0.2) is 75.1 Å². The number of benzene rings is 3. The average molecular weight is 753 g/mol. The molecule has 0 saturated carbocycles. The number of nitrogens with zero attached hydrogens (tertiary/aromatic N) is 1. The number of phenolic OH excluding ortho intramolecular Hbond substituents is 1. The van der Waals surface area contributed by atoms with Crippen molar-refractivity contribution in [2.24, 2.45) is 5.10 Å². The molecule has 1 aliphatic carbocycles. The molecule has 0 unspecified atom stereocenters. The van der Waals surface area contributed by atoms with E-state index in [0.717, 1.165) is 36.4 Å². The molecule has 0 spiro atoms. The van der Waals surface area contributed by atoms with Gasteiger partial charge in [-0.1, -0.05) is 12.1 Å². The van der Waals surface area contributed by atoms with Crippen LogP contribution in [0.3, 0.4) is 0 Å². The monoisotopic (exact) mass is 752 g/mol. The number of carbonyl (C=O) groups is 5. The van der Waals surface area contributed by atoms with Gasteiger partial charge in [0.15, 0.2) is 22.7 Å². The third-order valence-electron chi connectivity index (χ3n) is 7.70. The van der Waals surface area contributed by atoms with E-state index < -0.39 is 82.7 Å². The van der Waals surface area contributed by atoms with Crippen LogP contribution in [-0.2, 0) is 14.3 Å². The van der Waals surface area contributed by atoms with Crippen molar-refractivity contribution in [2.75, 3.05) is 18.6 Å². The van der Waals surface area contributed by atoms with E-state index in [1.165, 1.54) is 48.5 Å². The van der Waals surface area contributed by atoms with Crippen molar-refractivity contribution in [1.29, 1.82) is 0 Å². The number of aliphatic carboxylic acids is 1. The number of ketones is 1. The molecule has 5 aromatic rings. The molecule has 0 fully saturated rings. The van der Waals surface area contributed by atoms with Crippen LogP contribution >= 0.6 is 0 Å². The van der Waals surface area contributed by atoms with E-state index in [1.54, 1.807) is 0 Å². The second-order valence-electron chi connectivity index (χ2n) is 11.4. The summed E-state index contributed by atoms with van der Waals surface area (Å²) in [6.07, 6.45) is 1.95. The molecule has 5 N–H and O–H groups in total. The summed E-state index contributed by atoms with van der Waals surface area (Å²) < 4.78 is 28.0. The number of hydrazone groups is 1. The van der Waals surface area contributed by atoms with Gasteiger partial charge in [-0.3, -0.25) is 19.8 Å². The molecular weight excluding hydrogens is 728 g/mol.